The maximum absolute atomic E-state index is 13.3. The van der Waals surface area contributed by atoms with Crippen molar-refractivity contribution in [1.29, 1.82) is 0 Å². The Morgan fingerprint density at radius 2 is 1.46 bits per heavy atom. The van der Waals surface area contributed by atoms with Crippen molar-refractivity contribution in [2.24, 2.45) is 0 Å². The lowest BCUT2D eigenvalue weighted by molar-refractivity contribution is -0.136. The zero-order valence-corrected chi connectivity index (χ0v) is 31.2. The molecular formula is C43H48N4O7. The average molecular weight is 733 g/mol. The van der Waals surface area contributed by atoms with Crippen molar-refractivity contribution in [2.75, 3.05) is 32.6 Å². The van der Waals surface area contributed by atoms with Crippen LogP contribution in [-0.2, 0) is 22.7 Å². The lowest BCUT2D eigenvalue weighted by Gasteiger charge is -2.27. The highest BCUT2D eigenvalue weighted by molar-refractivity contribution is 6.25. The SMILES string of the molecule is COc1cc(OCc2cccc(-c3ccccc3)c2C)cc(OC)c1CNCCCCCCCNc1cccc2c1C(=O)N(C1CCC(=O)NC1=O)C2=O. The molecule has 282 valence electrons. The van der Waals surface area contributed by atoms with E-state index in [4.69, 9.17) is 14.2 Å². The average Bonchev–Trinajstić information content (AvgIpc) is 3.44. The van der Waals surface area contributed by atoms with Gasteiger partial charge < -0.3 is 24.8 Å². The normalized spacial score (nSPS) is 15.2. The van der Waals surface area contributed by atoms with Crippen molar-refractivity contribution in [2.45, 2.75) is 71.1 Å². The summed E-state index contributed by atoms with van der Waals surface area (Å²) in [5.74, 6) is 0.0748. The van der Waals surface area contributed by atoms with Gasteiger partial charge in [-0.3, -0.25) is 29.4 Å². The molecule has 0 aromatic heterocycles. The van der Waals surface area contributed by atoms with E-state index in [1.165, 1.54) is 16.7 Å². The highest BCUT2D eigenvalue weighted by atomic mass is 16.5. The van der Waals surface area contributed by atoms with Crippen molar-refractivity contribution < 1.29 is 33.4 Å². The summed E-state index contributed by atoms with van der Waals surface area (Å²) in [4.78, 5) is 51.3. The molecule has 2 aliphatic heterocycles. The molecular weight excluding hydrogens is 684 g/mol. The number of amides is 4. The number of carbonyl (C=O) groups is 4. The van der Waals surface area contributed by atoms with Gasteiger partial charge in [0.15, 0.2) is 0 Å². The highest BCUT2D eigenvalue weighted by Gasteiger charge is 2.45. The zero-order chi connectivity index (χ0) is 38.0. The van der Waals surface area contributed by atoms with Gasteiger partial charge in [0.1, 0.15) is 29.9 Å². The first-order valence-corrected chi connectivity index (χ1v) is 18.6. The third-order valence-electron chi connectivity index (χ3n) is 10.1. The number of carbonyl (C=O) groups excluding carboxylic acids is 4. The second kappa shape index (κ2) is 17.9. The second-order valence-electron chi connectivity index (χ2n) is 13.6. The van der Waals surface area contributed by atoms with Crippen LogP contribution in [0.2, 0.25) is 0 Å². The summed E-state index contributed by atoms with van der Waals surface area (Å²) >= 11 is 0. The molecule has 1 atom stereocenters. The summed E-state index contributed by atoms with van der Waals surface area (Å²) in [6.07, 6.45) is 5.26. The third kappa shape index (κ3) is 8.58. The molecule has 1 unspecified atom stereocenters. The molecule has 0 radical (unpaired) electrons. The van der Waals surface area contributed by atoms with Gasteiger partial charge in [0.2, 0.25) is 11.8 Å². The summed E-state index contributed by atoms with van der Waals surface area (Å²) in [5.41, 5.74) is 6.76. The van der Waals surface area contributed by atoms with Crippen LogP contribution in [0.5, 0.6) is 17.2 Å². The summed E-state index contributed by atoms with van der Waals surface area (Å²) in [5, 5.41) is 9.08. The number of imide groups is 2. The lowest BCUT2D eigenvalue weighted by atomic mass is 9.97. The Balaban J connectivity index is 0.917. The molecule has 4 aromatic rings. The highest BCUT2D eigenvalue weighted by Crippen LogP contribution is 2.36. The third-order valence-corrected chi connectivity index (χ3v) is 10.1. The van der Waals surface area contributed by atoms with E-state index in [0.717, 1.165) is 54.7 Å². The summed E-state index contributed by atoms with van der Waals surface area (Å²) in [6.45, 7) is 4.64. The van der Waals surface area contributed by atoms with E-state index in [2.05, 4.69) is 53.2 Å². The molecule has 1 fully saturated rings. The Bertz CT molecular complexity index is 1970. The minimum absolute atomic E-state index is 0.0883. The maximum atomic E-state index is 13.3. The fourth-order valence-electron chi connectivity index (χ4n) is 7.15. The largest absolute Gasteiger partial charge is 0.496 e. The van der Waals surface area contributed by atoms with E-state index >= 15 is 0 Å². The van der Waals surface area contributed by atoms with Crippen LogP contribution in [0, 0.1) is 6.92 Å². The Morgan fingerprint density at radius 1 is 0.778 bits per heavy atom. The molecule has 11 heteroatoms. The first-order chi connectivity index (χ1) is 26.3. The van der Waals surface area contributed by atoms with Crippen LogP contribution in [0.4, 0.5) is 5.69 Å². The number of hydrogen-bond acceptors (Lipinski definition) is 9. The smallest absolute Gasteiger partial charge is 0.264 e. The fraction of sp³-hybridized carbons (Fsp3) is 0.349. The van der Waals surface area contributed by atoms with E-state index in [1.54, 1.807) is 32.4 Å². The van der Waals surface area contributed by atoms with Gasteiger partial charge in [-0.05, 0) is 67.1 Å². The number of piperidine rings is 1. The van der Waals surface area contributed by atoms with Crippen LogP contribution >= 0.6 is 0 Å². The monoisotopic (exact) mass is 732 g/mol. The molecule has 0 saturated carbocycles. The van der Waals surface area contributed by atoms with Crippen LogP contribution in [0.1, 0.15) is 82.4 Å². The molecule has 0 bridgehead atoms. The van der Waals surface area contributed by atoms with Crippen LogP contribution in [0.25, 0.3) is 11.1 Å². The number of rotatable bonds is 18. The summed E-state index contributed by atoms with van der Waals surface area (Å²) in [7, 11) is 3.31. The number of fused-ring (bicyclic) bond motifs is 1. The Hall–Kier alpha value is -5.68. The number of methoxy groups -OCH3 is 2. The number of hydrogen-bond donors (Lipinski definition) is 3. The lowest BCUT2D eigenvalue weighted by Crippen LogP contribution is -2.54. The molecule has 0 aliphatic carbocycles. The predicted molar refractivity (Wildman–Crippen MR) is 207 cm³/mol. The molecule has 1 saturated heterocycles. The van der Waals surface area contributed by atoms with E-state index in [9.17, 15) is 19.2 Å². The standard InChI is InChI=1S/C43H48N4O7/c1-28-30(16-12-17-32(28)29-14-8-7-9-15-29)27-54-31-24-37(52-2)34(38(25-31)53-3)26-44-22-10-5-4-6-11-23-45-35-19-13-18-33-40(35)43(51)47(42(33)50)36-20-21-39(48)46-41(36)49/h7-9,12-19,24-25,36,44-45H,4-6,10-11,20-23,26-27H2,1-3H3,(H,46,48,49). The Kier molecular flexibility index (Phi) is 12.6. The first-order valence-electron chi connectivity index (χ1n) is 18.6. The molecule has 2 heterocycles. The quantitative estimate of drug-likeness (QED) is 0.0745. The van der Waals surface area contributed by atoms with Crippen molar-refractivity contribution >= 4 is 29.3 Å². The molecule has 2 aliphatic rings. The van der Waals surface area contributed by atoms with Crippen LogP contribution in [-0.4, -0.2) is 61.9 Å². The van der Waals surface area contributed by atoms with E-state index in [0.29, 0.717) is 42.6 Å². The molecule has 4 amide bonds. The summed E-state index contributed by atoms with van der Waals surface area (Å²) < 4.78 is 17.8. The molecule has 4 aromatic carbocycles. The number of nitrogens with one attached hydrogen (secondary N) is 3. The van der Waals surface area contributed by atoms with Gasteiger partial charge in [0.25, 0.3) is 11.8 Å². The van der Waals surface area contributed by atoms with Gasteiger partial charge in [0, 0.05) is 37.3 Å². The number of unbranched alkanes of at least 4 members (excludes halogenated alkanes) is 4. The van der Waals surface area contributed by atoms with E-state index < -0.39 is 29.7 Å². The predicted octanol–water partition coefficient (Wildman–Crippen LogP) is 6.81. The van der Waals surface area contributed by atoms with E-state index in [-0.39, 0.29) is 24.0 Å². The minimum atomic E-state index is -0.980. The molecule has 6 rings (SSSR count). The van der Waals surface area contributed by atoms with Crippen molar-refractivity contribution in [1.82, 2.24) is 15.5 Å². The zero-order valence-electron chi connectivity index (χ0n) is 31.2. The van der Waals surface area contributed by atoms with Crippen LogP contribution in [0.15, 0.2) is 78.9 Å². The molecule has 11 nitrogen and oxygen atoms in total. The van der Waals surface area contributed by atoms with Gasteiger partial charge in [-0.15, -0.1) is 0 Å². The van der Waals surface area contributed by atoms with Crippen LogP contribution in [0.3, 0.4) is 0 Å². The summed E-state index contributed by atoms with van der Waals surface area (Å²) in [6, 6.07) is 24.6. The first kappa shape index (κ1) is 38.1. The van der Waals surface area contributed by atoms with E-state index in [1.807, 2.05) is 30.3 Å². The van der Waals surface area contributed by atoms with Gasteiger partial charge >= 0.3 is 0 Å². The second-order valence-corrected chi connectivity index (χ2v) is 13.6. The topological polar surface area (TPSA) is 135 Å². The number of benzene rings is 4. The Labute approximate surface area is 316 Å². The van der Waals surface area contributed by atoms with Gasteiger partial charge in [-0.2, -0.15) is 0 Å². The van der Waals surface area contributed by atoms with Crippen molar-refractivity contribution in [3.05, 3.63) is 107 Å². The number of anilines is 1. The minimum Gasteiger partial charge on any atom is -0.496 e. The van der Waals surface area contributed by atoms with Gasteiger partial charge in [-0.25, -0.2) is 0 Å². The maximum Gasteiger partial charge on any atom is 0.264 e. The fourth-order valence-corrected chi connectivity index (χ4v) is 7.15. The van der Waals surface area contributed by atoms with Gasteiger partial charge in [-0.1, -0.05) is 73.9 Å². The van der Waals surface area contributed by atoms with Gasteiger partial charge in [0.05, 0.1) is 30.9 Å². The Morgan fingerprint density at radius 3 is 2.19 bits per heavy atom. The molecule has 3 N–H and O–H groups in total. The van der Waals surface area contributed by atoms with Crippen molar-refractivity contribution in [3.63, 3.8) is 0 Å². The molecule has 54 heavy (non-hydrogen) atoms. The van der Waals surface area contributed by atoms with Crippen LogP contribution < -0.4 is 30.2 Å². The molecule has 0 spiro atoms. The number of ether oxygens (including phenoxy) is 3. The number of nitrogens with zero attached hydrogens (tertiary/aromatic N) is 1. The van der Waals surface area contributed by atoms with Crippen molar-refractivity contribution in [3.8, 4) is 28.4 Å².